The van der Waals surface area contributed by atoms with Gasteiger partial charge in [-0.2, -0.15) is 0 Å². The molecule has 1 saturated carbocycles. The average Bonchev–Trinajstić information content (AvgIpc) is 4.22. The Morgan fingerprint density at radius 2 is 1.40 bits per heavy atom. The number of nitrogens with two attached hydrogens (primary N) is 3. The maximum atomic E-state index is 14.9. The summed E-state index contributed by atoms with van der Waals surface area (Å²) in [7, 11) is 1.40. The zero-order valence-corrected chi connectivity index (χ0v) is 43.4. The number of nitrogens with zero attached hydrogens (tertiary/aromatic N) is 4. The normalized spacial score (nSPS) is 17.0. The van der Waals surface area contributed by atoms with Crippen LogP contribution < -0.4 is 43.8 Å². The summed E-state index contributed by atoms with van der Waals surface area (Å²) in [4.78, 5) is 137. The molecule has 77 heavy (non-hydrogen) atoms. The molecule has 1 saturated heterocycles. The lowest BCUT2D eigenvalue weighted by atomic mass is 9.91. The highest BCUT2D eigenvalue weighted by molar-refractivity contribution is 5.99. The molecule has 15 N–H and O–H groups in total. The van der Waals surface area contributed by atoms with Crippen LogP contribution in [0.15, 0.2) is 72.1 Å². The number of likely N-dealkylation sites (N-methyl/N-ethyl adjacent to an activating group) is 1. The van der Waals surface area contributed by atoms with E-state index in [0.29, 0.717) is 48.9 Å². The fourth-order valence-corrected chi connectivity index (χ4v) is 9.67. The maximum absolute atomic E-state index is 14.9. The highest BCUT2D eigenvalue weighted by Crippen LogP contribution is 2.36. The van der Waals surface area contributed by atoms with E-state index in [-0.39, 0.29) is 82.6 Å². The zero-order chi connectivity index (χ0) is 56.2. The second kappa shape index (κ2) is 28.7. The summed E-state index contributed by atoms with van der Waals surface area (Å²) in [6, 6.07) is 5.58. The molecule has 0 unspecified atom stereocenters. The van der Waals surface area contributed by atoms with Crippen LogP contribution >= 0.6 is 0 Å². The van der Waals surface area contributed by atoms with Gasteiger partial charge in [-0.15, -0.1) is 0 Å². The van der Waals surface area contributed by atoms with Gasteiger partial charge in [-0.25, -0.2) is 9.78 Å². The number of aromatic nitrogens is 2. The lowest BCUT2D eigenvalue weighted by Crippen LogP contribution is -2.64. The summed E-state index contributed by atoms with van der Waals surface area (Å²) in [5, 5.41) is 43.0. The molecule has 7 amide bonds. The SMILES string of the molecule is CCCC[C@H](NC(=O)[C@H](Cc1ccc(O)cc1)NC(=O)C1(N(C)C(=O)[C@H](CCCN=C(N)N)NC(=O)[C@@H](N)CC(=O)O)CCCC1)C(=O)N[C@@H](Cc1cnc[nH]1)C(=O)N1CCC[C@H]1C(=O)N[C@@H](Cc1ccccc1)C(=O)O. The van der Waals surface area contributed by atoms with E-state index in [1.54, 1.807) is 42.5 Å². The molecule has 2 heterocycles. The first kappa shape index (κ1) is 59.8. The molecular weight excluding hydrogens is 999 g/mol. The quantitative estimate of drug-likeness (QED) is 0.0236. The third kappa shape index (κ3) is 17.2. The van der Waals surface area contributed by atoms with Crippen LogP contribution in [0.5, 0.6) is 5.75 Å². The number of aromatic amines is 1. The number of carbonyl (C=O) groups excluding carboxylic acids is 7. The molecule has 418 valence electrons. The summed E-state index contributed by atoms with van der Waals surface area (Å²) in [6.45, 7) is 2.09. The van der Waals surface area contributed by atoms with Crippen LogP contribution in [0, 0.1) is 0 Å². The zero-order valence-electron chi connectivity index (χ0n) is 43.4. The molecule has 2 aliphatic rings. The predicted octanol–water partition coefficient (Wildman–Crippen LogP) is -0.540. The molecule has 25 heteroatoms. The van der Waals surface area contributed by atoms with Crippen LogP contribution in [-0.4, -0.2) is 162 Å². The van der Waals surface area contributed by atoms with Gasteiger partial charge in [0.15, 0.2) is 5.96 Å². The number of carboxylic acid groups (broad SMARTS) is 2. The van der Waals surface area contributed by atoms with E-state index in [2.05, 4.69) is 41.5 Å². The Labute approximate surface area is 445 Å². The number of H-pyrrole nitrogens is 1. The van der Waals surface area contributed by atoms with Gasteiger partial charge in [0.05, 0.1) is 18.8 Å². The van der Waals surface area contributed by atoms with Crippen LogP contribution in [0.1, 0.15) is 101 Å². The number of carboxylic acids is 2. The lowest BCUT2D eigenvalue weighted by Gasteiger charge is -2.40. The highest BCUT2D eigenvalue weighted by Gasteiger charge is 2.49. The van der Waals surface area contributed by atoms with Crippen LogP contribution in [0.25, 0.3) is 0 Å². The average molecular weight is 1070 g/mol. The van der Waals surface area contributed by atoms with Gasteiger partial charge in [0, 0.05) is 51.3 Å². The molecule has 2 fully saturated rings. The van der Waals surface area contributed by atoms with Gasteiger partial charge in [-0.05, 0) is 68.2 Å². The van der Waals surface area contributed by atoms with Crippen molar-refractivity contribution < 1.29 is 58.5 Å². The van der Waals surface area contributed by atoms with Crippen molar-refractivity contribution >= 4 is 59.2 Å². The number of nitrogens with one attached hydrogen (secondary N) is 6. The number of carbonyl (C=O) groups is 9. The molecule has 25 nitrogen and oxygen atoms in total. The summed E-state index contributed by atoms with van der Waals surface area (Å²) < 4.78 is 0. The molecule has 0 bridgehead atoms. The van der Waals surface area contributed by atoms with Crippen LogP contribution in [0.4, 0.5) is 0 Å². The number of guanidine groups is 1. The van der Waals surface area contributed by atoms with Crippen LogP contribution in [0.3, 0.4) is 0 Å². The smallest absolute Gasteiger partial charge is 0.326 e. The first-order valence-electron chi connectivity index (χ1n) is 25.9. The van der Waals surface area contributed by atoms with E-state index in [4.69, 9.17) is 17.2 Å². The Bertz CT molecular complexity index is 2540. The summed E-state index contributed by atoms with van der Waals surface area (Å²) in [6.07, 6.45) is 5.17. The monoisotopic (exact) mass is 1070 g/mol. The molecule has 2 aromatic carbocycles. The third-order valence-electron chi connectivity index (χ3n) is 13.9. The molecule has 3 aromatic rings. The molecule has 5 rings (SSSR count). The molecule has 1 aliphatic carbocycles. The lowest BCUT2D eigenvalue weighted by molar-refractivity contribution is -0.149. The maximum Gasteiger partial charge on any atom is 0.326 e. The number of hydrogen-bond acceptors (Lipinski definition) is 13. The van der Waals surface area contributed by atoms with Gasteiger partial charge in [0.25, 0.3) is 0 Å². The molecule has 0 spiro atoms. The van der Waals surface area contributed by atoms with Crippen LogP contribution in [-0.2, 0) is 62.4 Å². The summed E-state index contributed by atoms with van der Waals surface area (Å²) in [5.74, 6) is -8.01. The minimum Gasteiger partial charge on any atom is -0.508 e. The van der Waals surface area contributed by atoms with E-state index in [9.17, 15) is 58.5 Å². The second-order valence-corrected chi connectivity index (χ2v) is 19.6. The van der Waals surface area contributed by atoms with Gasteiger partial charge in [-0.3, -0.25) is 43.3 Å². The molecular formula is C52H73N13O12. The van der Waals surface area contributed by atoms with Crippen molar-refractivity contribution in [2.75, 3.05) is 20.1 Å². The van der Waals surface area contributed by atoms with Crippen molar-refractivity contribution in [2.24, 2.45) is 22.2 Å². The molecule has 0 radical (unpaired) electrons. The number of aromatic hydroxyl groups is 1. The highest BCUT2D eigenvalue weighted by atomic mass is 16.4. The minimum atomic E-state index is -1.56. The number of hydrogen-bond donors (Lipinski definition) is 12. The van der Waals surface area contributed by atoms with Crippen molar-refractivity contribution in [3.63, 3.8) is 0 Å². The Hall–Kier alpha value is -8.09. The van der Waals surface area contributed by atoms with E-state index in [0.717, 1.165) is 0 Å². The van der Waals surface area contributed by atoms with Gasteiger partial charge in [0.1, 0.15) is 47.5 Å². The first-order chi connectivity index (χ1) is 36.7. The number of aliphatic imine (C=N–C) groups is 1. The molecule has 1 aromatic heterocycles. The largest absolute Gasteiger partial charge is 0.508 e. The number of aliphatic carboxylic acids is 2. The van der Waals surface area contributed by atoms with Gasteiger partial charge >= 0.3 is 11.9 Å². The van der Waals surface area contributed by atoms with Gasteiger partial charge in [0.2, 0.25) is 41.4 Å². The fraction of sp³-hybridized carbons (Fsp3) is 0.519. The van der Waals surface area contributed by atoms with Crippen molar-refractivity contribution in [3.8, 4) is 5.75 Å². The second-order valence-electron chi connectivity index (χ2n) is 19.6. The number of phenolic OH excluding ortho intramolecular Hbond substituents is 1. The third-order valence-corrected chi connectivity index (χ3v) is 13.9. The van der Waals surface area contributed by atoms with E-state index >= 15 is 0 Å². The number of rotatable bonds is 29. The number of likely N-dealkylation sites (tertiary alicyclic amines) is 1. The van der Waals surface area contributed by atoms with Crippen LogP contribution in [0.2, 0.25) is 0 Å². The fourth-order valence-electron chi connectivity index (χ4n) is 9.67. The topological polar surface area (TPSA) is 400 Å². The van der Waals surface area contributed by atoms with E-state index < -0.39 is 108 Å². The minimum absolute atomic E-state index is 0.00273. The van der Waals surface area contributed by atoms with Gasteiger partial charge < -0.3 is 73.9 Å². The number of imidazole rings is 1. The van der Waals surface area contributed by atoms with E-state index in [1.165, 1.54) is 41.5 Å². The van der Waals surface area contributed by atoms with Gasteiger partial charge in [-0.1, -0.05) is 75.1 Å². The number of benzene rings is 2. The predicted molar refractivity (Wildman–Crippen MR) is 280 cm³/mol. The van der Waals surface area contributed by atoms with Crippen molar-refractivity contribution in [1.82, 2.24) is 46.4 Å². The van der Waals surface area contributed by atoms with Crippen molar-refractivity contribution in [3.05, 3.63) is 83.9 Å². The number of phenols is 1. The van der Waals surface area contributed by atoms with Crippen molar-refractivity contribution in [1.29, 1.82) is 0 Å². The molecule has 1 aliphatic heterocycles. The van der Waals surface area contributed by atoms with E-state index in [1.807, 2.05) is 6.92 Å². The Morgan fingerprint density at radius 1 is 0.779 bits per heavy atom. The van der Waals surface area contributed by atoms with Crippen molar-refractivity contribution in [2.45, 2.75) is 151 Å². The standard InChI is InChI=1S/C52H73N13O12/c1-3-4-14-36(44(70)61-39(27-33-29-56-30-58-33)48(74)65-24-11-16-41(65)46(72)62-40(49(75)76)26-31-12-6-5-7-13-31)59-45(71)38(25-32-17-19-34(66)20-18-32)63-50(77)52(21-8-9-22-52)64(2)47(73)37(15-10-23-57-51(54)55)60-43(69)35(53)28-42(67)68/h5-7,12-13,17-20,29-30,35-41,66H,3-4,8-11,14-16,21-28,53H2,1-2H3,(H,56,58)(H,59,71)(H,60,69)(H,61,70)(H,62,72)(H,63,77)(H,67,68)(H,75,76)(H4,54,55,57)/t35-,36-,37-,38-,39-,40-,41-/m0/s1. The number of amides is 7. The number of unbranched alkanes of at least 4 members (excludes halogenated alkanes) is 1. The Balaban J connectivity index is 1.39. The summed E-state index contributed by atoms with van der Waals surface area (Å²) >= 11 is 0. The Morgan fingerprint density at radius 3 is 2.03 bits per heavy atom. The summed E-state index contributed by atoms with van der Waals surface area (Å²) in [5.41, 5.74) is 16.9. The molecule has 7 atom stereocenters. The Kier molecular flexibility index (Phi) is 22.3. The first-order valence-corrected chi connectivity index (χ1v) is 25.9.